The van der Waals surface area contributed by atoms with Gasteiger partial charge in [0.1, 0.15) is 0 Å². The van der Waals surface area contributed by atoms with Gasteiger partial charge in [0.2, 0.25) is 0 Å². The molecule has 2 nitrogen and oxygen atoms in total. The second-order valence-corrected chi connectivity index (χ2v) is 6.21. The van der Waals surface area contributed by atoms with E-state index in [1.54, 1.807) is 0 Å². The van der Waals surface area contributed by atoms with Crippen LogP contribution in [0.5, 0.6) is 0 Å². The molecule has 19 heavy (non-hydrogen) atoms. The van der Waals surface area contributed by atoms with Gasteiger partial charge in [-0.25, -0.2) is 0 Å². The van der Waals surface area contributed by atoms with Crippen molar-refractivity contribution in [2.24, 2.45) is 5.73 Å². The average molecular weight is 260 g/mol. The third-order valence-electron chi connectivity index (χ3n) is 4.24. The highest BCUT2D eigenvalue weighted by atomic mass is 14.9. The van der Waals surface area contributed by atoms with Gasteiger partial charge in [-0.3, -0.25) is 0 Å². The number of nitrogens with two attached hydrogens (primary N) is 1. The fourth-order valence-electron chi connectivity index (χ4n) is 3.02. The van der Waals surface area contributed by atoms with Crippen molar-refractivity contribution in [2.45, 2.75) is 70.5 Å². The van der Waals surface area contributed by atoms with E-state index in [1.807, 2.05) is 0 Å². The highest BCUT2D eigenvalue weighted by Crippen LogP contribution is 2.18. The van der Waals surface area contributed by atoms with Gasteiger partial charge in [0, 0.05) is 18.1 Å². The molecule has 1 fully saturated rings. The molecule has 1 unspecified atom stereocenters. The van der Waals surface area contributed by atoms with Gasteiger partial charge in [0.25, 0.3) is 0 Å². The molecule has 2 rings (SSSR count). The molecule has 1 aromatic carbocycles. The Bertz CT molecular complexity index is 381. The van der Waals surface area contributed by atoms with Crippen LogP contribution in [0.15, 0.2) is 24.3 Å². The number of benzene rings is 1. The molecule has 0 amide bonds. The van der Waals surface area contributed by atoms with Crippen molar-refractivity contribution < 1.29 is 0 Å². The van der Waals surface area contributed by atoms with Crippen LogP contribution >= 0.6 is 0 Å². The predicted octanol–water partition coefficient (Wildman–Crippen LogP) is 3.18. The van der Waals surface area contributed by atoms with Crippen LogP contribution in [0, 0.1) is 6.92 Å². The standard InChI is InChI=1S/C17H28N2/c1-13-4-3-5-15(12-13)7-6-14(2)19-17-10-8-16(18)9-11-17/h3-5,12,14,16-17,19H,6-11,18H2,1-2H3. The van der Waals surface area contributed by atoms with Crippen LogP contribution in [-0.2, 0) is 6.42 Å². The maximum Gasteiger partial charge on any atom is 0.00706 e. The van der Waals surface area contributed by atoms with Crippen LogP contribution in [-0.4, -0.2) is 18.1 Å². The molecule has 1 saturated carbocycles. The largest absolute Gasteiger partial charge is 0.328 e. The third kappa shape index (κ3) is 4.96. The Morgan fingerprint density at radius 1 is 1.26 bits per heavy atom. The van der Waals surface area contributed by atoms with E-state index in [4.69, 9.17) is 5.73 Å². The van der Waals surface area contributed by atoms with E-state index in [1.165, 1.54) is 49.7 Å². The molecule has 0 aromatic heterocycles. The number of nitrogens with one attached hydrogen (secondary N) is 1. The van der Waals surface area contributed by atoms with E-state index < -0.39 is 0 Å². The molecule has 1 aliphatic rings. The Hall–Kier alpha value is -0.860. The lowest BCUT2D eigenvalue weighted by atomic mass is 9.91. The number of aryl methyl sites for hydroxylation is 2. The van der Waals surface area contributed by atoms with Gasteiger partial charge in [0.15, 0.2) is 0 Å². The Balaban J connectivity index is 1.71. The lowest BCUT2D eigenvalue weighted by molar-refractivity contribution is 0.314. The van der Waals surface area contributed by atoms with Gasteiger partial charge in [-0.2, -0.15) is 0 Å². The zero-order valence-corrected chi connectivity index (χ0v) is 12.4. The van der Waals surface area contributed by atoms with Gasteiger partial charge in [-0.1, -0.05) is 29.8 Å². The summed E-state index contributed by atoms with van der Waals surface area (Å²) in [5.74, 6) is 0. The van der Waals surface area contributed by atoms with E-state index in [0.717, 1.165) is 0 Å². The molecule has 0 aliphatic heterocycles. The van der Waals surface area contributed by atoms with Crippen molar-refractivity contribution in [1.29, 1.82) is 0 Å². The summed E-state index contributed by atoms with van der Waals surface area (Å²) in [6, 6.07) is 10.6. The molecule has 2 heteroatoms. The summed E-state index contributed by atoms with van der Waals surface area (Å²) in [4.78, 5) is 0. The van der Waals surface area contributed by atoms with Gasteiger partial charge >= 0.3 is 0 Å². The SMILES string of the molecule is Cc1cccc(CCC(C)NC2CCC(N)CC2)c1. The van der Waals surface area contributed by atoms with Crippen LogP contribution in [0.1, 0.15) is 50.2 Å². The van der Waals surface area contributed by atoms with E-state index in [0.29, 0.717) is 18.1 Å². The molecule has 0 heterocycles. The summed E-state index contributed by atoms with van der Waals surface area (Å²) >= 11 is 0. The van der Waals surface area contributed by atoms with E-state index in [9.17, 15) is 0 Å². The summed E-state index contributed by atoms with van der Waals surface area (Å²) in [6.45, 7) is 4.47. The Labute approximate surface area is 117 Å². The van der Waals surface area contributed by atoms with Crippen LogP contribution in [0.4, 0.5) is 0 Å². The number of hydrogen-bond donors (Lipinski definition) is 2. The molecule has 106 valence electrons. The summed E-state index contributed by atoms with van der Waals surface area (Å²) in [5, 5.41) is 3.77. The Morgan fingerprint density at radius 2 is 2.00 bits per heavy atom. The second kappa shape index (κ2) is 7.06. The quantitative estimate of drug-likeness (QED) is 0.853. The Kier molecular flexibility index (Phi) is 5.41. The van der Waals surface area contributed by atoms with Gasteiger partial charge in [-0.05, 0) is 57.9 Å². The molecule has 1 atom stereocenters. The first-order valence-electron chi connectivity index (χ1n) is 7.70. The first-order chi connectivity index (χ1) is 9.13. The molecule has 1 aromatic rings. The highest BCUT2D eigenvalue weighted by molar-refractivity contribution is 5.22. The lowest BCUT2D eigenvalue weighted by Gasteiger charge is -2.29. The first kappa shape index (κ1) is 14.5. The minimum absolute atomic E-state index is 0.445. The molecule has 0 spiro atoms. The van der Waals surface area contributed by atoms with Crippen LogP contribution < -0.4 is 11.1 Å². The van der Waals surface area contributed by atoms with Gasteiger partial charge in [-0.15, -0.1) is 0 Å². The van der Waals surface area contributed by atoms with Crippen molar-refractivity contribution in [1.82, 2.24) is 5.32 Å². The number of hydrogen-bond acceptors (Lipinski definition) is 2. The normalized spacial score (nSPS) is 25.2. The second-order valence-electron chi connectivity index (χ2n) is 6.21. The van der Waals surface area contributed by atoms with E-state index >= 15 is 0 Å². The first-order valence-corrected chi connectivity index (χ1v) is 7.70. The molecule has 3 N–H and O–H groups in total. The van der Waals surface area contributed by atoms with Crippen molar-refractivity contribution >= 4 is 0 Å². The summed E-state index contributed by atoms with van der Waals surface area (Å²) in [6.07, 6.45) is 7.24. The molecule has 0 saturated heterocycles. The molecular weight excluding hydrogens is 232 g/mol. The molecular formula is C17H28N2. The van der Waals surface area contributed by atoms with Crippen molar-refractivity contribution in [3.63, 3.8) is 0 Å². The smallest absolute Gasteiger partial charge is 0.00706 e. The van der Waals surface area contributed by atoms with Crippen LogP contribution in [0.2, 0.25) is 0 Å². The van der Waals surface area contributed by atoms with Gasteiger partial charge < -0.3 is 11.1 Å². The third-order valence-corrected chi connectivity index (χ3v) is 4.24. The maximum absolute atomic E-state index is 5.95. The fraction of sp³-hybridized carbons (Fsp3) is 0.647. The minimum Gasteiger partial charge on any atom is -0.328 e. The zero-order chi connectivity index (χ0) is 13.7. The zero-order valence-electron chi connectivity index (χ0n) is 12.4. The highest BCUT2D eigenvalue weighted by Gasteiger charge is 2.19. The van der Waals surface area contributed by atoms with Crippen molar-refractivity contribution in [2.75, 3.05) is 0 Å². The van der Waals surface area contributed by atoms with Gasteiger partial charge in [0.05, 0.1) is 0 Å². The molecule has 1 aliphatic carbocycles. The van der Waals surface area contributed by atoms with Crippen LogP contribution in [0.25, 0.3) is 0 Å². The summed E-state index contributed by atoms with van der Waals surface area (Å²) < 4.78 is 0. The molecule has 0 radical (unpaired) electrons. The van der Waals surface area contributed by atoms with Crippen molar-refractivity contribution in [3.05, 3.63) is 35.4 Å². The minimum atomic E-state index is 0.445. The summed E-state index contributed by atoms with van der Waals surface area (Å²) in [7, 11) is 0. The monoisotopic (exact) mass is 260 g/mol. The average Bonchev–Trinajstić information content (AvgIpc) is 2.39. The molecule has 0 bridgehead atoms. The summed E-state index contributed by atoms with van der Waals surface area (Å²) in [5.41, 5.74) is 8.77. The predicted molar refractivity (Wildman–Crippen MR) is 82.3 cm³/mol. The maximum atomic E-state index is 5.95. The Morgan fingerprint density at radius 3 is 2.68 bits per heavy atom. The fourth-order valence-corrected chi connectivity index (χ4v) is 3.02. The van der Waals surface area contributed by atoms with Crippen molar-refractivity contribution in [3.8, 4) is 0 Å². The van der Waals surface area contributed by atoms with E-state index in [-0.39, 0.29) is 0 Å². The topological polar surface area (TPSA) is 38.0 Å². The van der Waals surface area contributed by atoms with Crippen LogP contribution in [0.3, 0.4) is 0 Å². The van der Waals surface area contributed by atoms with E-state index in [2.05, 4.69) is 43.4 Å². The lowest BCUT2D eigenvalue weighted by Crippen LogP contribution is -2.41. The number of rotatable bonds is 5.